The van der Waals surface area contributed by atoms with Gasteiger partial charge in [0.15, 0.2) is 0 Å². The zero-order valence-electron chi connectivity index (χ0n) is 10.8. The van der Waals surface area contributed by atoms with Crippen LogP contribution in [0.15, 0.2) is 54.7 Å². The Morgan fingerprint density at radius 3 is 2.67 bits per heavy atom. The lowest BCUT2D eigenvalue weighted by Crippen LogP contribution is -1.96. The van der Waals surface area contributed by atoms with E-state index in [0.717, 1.165) is 10.9 Å². The van der Waals surface area contributed by atoms with Crippen LogP contribution in [0.4, 0.5) is 0 Å². The molecule has 0 unspecified atom stereocenters. The monoisotopic (exact) mass is 299 g/mol. The topological polar surface area (TPSA) is 59.4 Å². The first kappa shape index (κ1) is 13.4. The number of aromatic nitrogens is 1. The minimum Gasteiger partial charge on any atom is -0.478 e. The zero-order chi connectivity index (χ0) is 14.8. The van der Waals surface area contributed by atoms with Gasteiger partial charge in [0.05, 0.1) is 16.1 Å². The number of carboxylic acids is 1. The van der Waals surface area contributed by atoms with Crippen LogP contribution >= 0.6 is 11.6 Å². The van der Waals surface area contributed by atoms with Gasteiger partial charge in [-0.3, -0.25) is 4.98 Å². The summed E-state index contributed by atoms with van der Waals surface area (Å²) in [5, 5.41) is 10.0. The van der Waals surface area contributed by atoms with E-state index < -0.39 is 5.97 Å². The van der Waals surface area contributed by atoms with Crippen molar-refractivity contribution in [2.24, 2.45) is 0 Å². The molecule has 3 aromatic rings. The van der Waals surface area contributed by atoms with Gasteiger partial charge in [-0.1, -0.05) is 23.7 Å². The summed E-state index contributed by atoms with van der Waals surface area (Å²) >= 11 is 6.07. The van der Waals surface area contributed by atoms with E-state index in [1.54, 1.807) is 18.3 Å². The maximum atomic E-state index is 10.9. The van der Waals surface area contributed by atoms with Gasteiger partial charge in [0.2, 0.25) is 0 Å². The van der Waals surface area contributed by atoms with Gasteiger partial charge in [-0.2, -0.15) is 0 Å². The number of nitrogens with zero attached hydrogens (tertiary/aromatic N) is 1. The fourth-order valence-electron chi connectivity index (χ4n) is 1.99. The summed E-state index contributed by atoms with van der Waals surface area (Å²) < 4.78 is 5.79. The van der Waals surface area contributed by atoms with Crippen LogP contribution in [0.2, 0.25) is 5.02 Å². The molecule has 0 bridgehead atoms. The summed E-state index contributed by atoms with van der Waals surface area (Å²) in [6.07, 6.45) is 1.65. The summed E-state index contributed by atoms with van der Waals surface area (Å²) in [4.78, 5) is 15.1. The molecule has 0 saturated carbocycles. The smallest absolute Gasteiger partial charge is 0.335 e. The van der Waals surface area contributed by atoms with Crippen molar-refractivity contribution in [3.63, 3.8) is 0 Å². The zero-order valence-corrected chi connectivity index (χ0v) is 11.5. The van der Waals surface area contributed by atoms with Gasteiger partial charge in [0.1, 0.15) is 11.5 Å². The van der Waals surface area contributed by atoms with Crippen LogP contribution in [0, 0.1) is 0 Å². The third-order valence-corrected chi connectivity index (χ3v) is 3.30. The molecule has 0 atom stereocenters. The summed E-state index contributed by atoms with van der Waals surface area (Å²) in [5.41, 5.74) is 0.931. The lowest BCUT2D eigenvalue weighted by molar-refractivity contribution is 0.0697. The number of halogens is 1. The van der Waals surface area contributed by atoms with E-state index in [-0.39, 0.29) is 10.6 Å². The summed E-state index contributed by atoms with van der Waals surface area (Å²) in [7, 11) is 0. The molecule has 0 fully saturated rings. The Bertz CT molecular complexity index is 827. The van der Waals surface area contributed by atoms with Crippen molar-refractivity contribution in [2.45, 2.75) is 0 Å². The quantitative estimate of drug-likeness (QED) is 0.779. The van der Waals surface area contributed by atoms with E-state index in [1.807, 2.05) is 24.3 Å². The van der Waals surface area contributed by atoms with Crippen molar-refractivity contribution in [3.8, 4) is 11.5 Å². The average molecular weight is 300 g/mol. The number of aromatic carboxylic acids is 1. The Morgan fingerprint density at radius 2 is 1.90 bits per heavy atom. The molecule has 1 aromatic heterocycles. The second-order valence-electron chi connectivity index (χ2n) is 4.38. The summed E-state index contributed by atoms with van der Waals surface area (Å²) in [6, 6.07) is 13.7. The Morgan fingerprint density at radius 1 is 1.10 bits per heavy atom. The number of para-hydroxylation sites is 1. The molecular weight excluding hydrogens is 290 g/mol. The minimum atomic E-state index is -1.03. The minimum absolute atomic E-state index is 0.118. The number of ether oxygens (including phenoxy) is 1. The first-order chi connectivity index (χ1) is 10.1. The van der Waals surface area contributed by atoms with Crippen LogP contribution in [0.25, 0.3) is 10.9 Å². The third kappa shape index (κ3) is 2.66. The molecule has 4 nitrogen and oxygen atoms in total. The van der Waals surface area contributed by atoms with Gasteiger partial charge in [0, 0.05) is 11.6 Å². The molecule has 1 N–H and O–H groups in total. The number of rotatable bonds is 3. The van der Waals surface area contributed by atoms with Crippen molar-refractivity contribution in [2.75, 3.05) is 0 Å². The molecule has 0 saturated heterocycles. The molecule has 1 heterocycles. The normalized spacial score (nSPS) is 10.5. The van der Waals surface area contributed by atoms with Crippen LogP contribution in [0.3, 0.4) is 0 Å². The summed E-state index contributed by atoms with van der Waals surface area (Å²) in [6.45, 7) is 0. The van der Waals surface area contributed by atoms with Crippen LogP contribution in [-0.2, 0) is 0 Å². The number of pyridine rings is 1. The standard InChI is InChI=1S/C16H10ClNO3/c17-12-9-10(16(19)20)5-6-15(12)21-14-7-8-18-13-4-2-1-3-11(13)14/h1-9H,(H,19,20). The SMILES string of the molecule is O=C(O)c1ccc(Oc2ccnc3ccccc23)c(Cl)c1. The molecular formula is C16H10ClNO3. The highest BCUT2D eigenvalue weighted by atomic mass is 35.5. The van der Waals surface area contributed by atoms with E-state index in [9.17, 15) is 4.79 Å². The number of benzene rings is 2. The first-order valence-electron chi connectivity index (χ1n) is 6.19. The number of hydrogen-bond acceptors (Lipinski definition) is 3. The molecule has 0 aliphatic carbocycles. The van der Waals surface area contributed by atoms with Crippen LogP contribution < -0.4 is 4.74 Å². The van der Waals surface area contributed by atoms with Gasteiger partial charge < -0.3 is 9.84 Å². The molecule has 5 heteroatoms. The summed E-state index contributed by atoms with van der Waals surface area (Å²) in [5.74, 6) is -0.0126. The maximum absolute atomic E-state index is 10.9. The first-order valence-corrected chi connectivity index (χ1v) is 6.57. The largest absolute Gasteiger partial charge is 0.478 e. The van der Waals surface area contributed by atoms with Gasteiger partial charge >= 0.3 is 5.97 Å². The van der Waals surface area contributed by atoms with Crippen LogP contribution in [0.5, 0.6) is 11.5 Å². The fraction of sp³-hybridized carbons (Fsp3) is 0. The molecule has 0 amide bonds. The van der Waals surface area contributed by atoms with E-state index >= 15 is 0 Å². The second kappa shape index (κ2) is 5.42. The van der Waals surface area contributed by atoms with Crippen LogP contribution in [0.1, 0.15) is 10.4 Å². The predicted octanol–water partition coefficient (Wildman–Crippen LogP) is 4.38. The van der Waals surface area contributed by atoms with E-state index in [1.165, 1.54) is 12.1 Å². The van der Waals surface area contributed by atoms with E-state index in [0.29, 0.717) is 11.5 Å². The maximum Gasteiger partial charge on any atom is 0.335 e. The Kier molecular flexibility index (Phi) is 3.46. The Labute approximate surface area is 125 Å². The molecule has 104 valence electrons. The molecule has 2 aromatic carbocycles. The van der Waals surface area contributed by atoms with Gasteiger partial charge in [-0.05, 0) is 36.4 Å². The number of carbonyl (C=O) groups is 1. The highest BCUT2D eigenvalue weighted by Crippen LogP contribution is 2.33. The molecule has 21 heavy (non-hydrogen) atoms. The fourth-order valence-corrected chi connectivity index (χ4v) is 2.21. The molecule has 0 aliphatic heterocycles. The molecule has 0 aliphatic rings. The van der Waals surface area contributed by atoms with Gasteiger partial charge in [-0.25, -0.2) is 4.79 Å². The predicted molar refractivity (Wildman–Crippen MR) is 80.2 cm³/mol. The van der Waals surface area contributed by atoms with Crippen molar-refractivity contribution in [1.29, 1.82) is 0 Å². The van der Waals surface area contributed by atoms with E-state index in [2.05, 4.69) is 4.98 Å². The number of fused-ring (bicyclic) bond motifs is 1. The van der Waals surface area contributed by atoms with Crippen molar-refractivity contribution in [1.82, 2.24) is 4.98 Å². The Hall–Kier alpha value is -2.59. The lowest BCUT2D eigenvalue weighted by atomic mass is 10.2. The highest BCUT2D eigenvalue weighted by Gasteiger charge is 2.10. The van der Waals surface area contributed by atoms with Gasteiger partial charge in [-0.15, -0.1) is 0 Å². The molecule has 0 spiro atoms. The Balaban J connectivity index is 2.01. The number of carboxylic acid groups (broad SMARTS) is 1. The average Bonchev–Trinajstić information content (AvgIpc) is 2.49. The molecule has 0 radical (unpaired) electrons. The number of hydrogen-bond donors (Lipinski definition) is 1. The third-order valence-electron chi connectivity index (χ3n) is 3.01. The van der Waals surface area contributed by atoms with Crippen LogP contribution in [-0.4, -0.2) is 16.1 Å². The van der Waals surface area contributed by atoms with Crippen molar-refractivity contribution in [3.05, 3.63) is 65.3 Å². The van der Waals surface area contributed by atoms with E-state index in [4.69, 9.17) is 21.4 Å². The van der Waals surface area contributed by atoms with Gasteiger partial charge in [0.25, 0.3) is 0 Å². The lowest BCUT2D eigenvalue weighted by Gasteiger charge is -2.10. The van der Waals surface area contributed by atoms with Crippen molar-refractivity contribution >= 4 is 28.5 Å². The highest BCUT2D eigenvalue weighted by molar-refractivity contribution is 6.32. The molecule has 3 rings (SSSR count). The van der Waals surface area contributed by atoms with Crippen molar-refractivity contribution < 1.29 is 14.6 Å². The second-order valence-corrected chi connectivity index (χ2v) is 4.79.